The Morgan fingerprint density at radius 1 is 1.24 bits per heavy atom. The topological polar surface area (TPSA) is 20.3 Å². The highest BCUT2D eigenvalue weighted by Crippen LogP contribution is 2.37. The van der Waals surface area contributed by atoms with Gasteiger partial charge in [0.15, 0.2) is 5.78 Å². The predicted octanol–water partition coefficient (Wildman–Crippen LogP) is 3.07. The highest BCUT2D eigenvalue weighted by atomic mass is 16.1. The molecule has 1 aromatic rings. The van der Waals surface area contributed by atoms with Crippen molar-refractivity contribution in [2.45, 2.75) is 38.6 Å². The second-order valence-corrected chi connectivity index (χ2v) is 5.01. The summed E-state index contributed by atoms with van der Waals surface area (Å²) in [6.07, 6.45) is 5.68. The molecule has 0 unspecified atom stereocenters. The van der Waals surface area contributed by atoms with Gasteiger partial charge in [-0.3, -0.25) is 4.79 Å². The summed E-state index contributed by atoms with van der Waals surface area (Å²) in [7, 11) is 0. The van der Waals surface area contributed by atoms with E-state index in [2.05, 4.69) is 36.1 Å². The molecular formula is C15H17NO. The molecule has 2 aliphatic rings. The molecule has 0 amide bonds. The Morgan fingerprint density at radius 2 is 2.06 bits per heavy atom. The van der Waals surface area contributed by atoms with Crippen LogP contribution in [0.4, 0.5) is 5.69 Å². The zero-order valence-electron chi connectivity index (χ0n) is 10.1. The molecule has 2 nitrogen and oxygen atoms in total. The van der Waals surface area contributed by atoms with E-state index in [-0.39, 0.29) is 5.78 Å². The summed E-state index contributed by atoms with van der Waals surface area (Å²) in [5.41, 5.74) is 3.90. The predicted molar refractivity (Wildman–Crippen MR) is 69.0 cm³/mol. The van der Waals surface area contributed by atoms with Crippen molar-refractivity contribution >= 4 is 11.5 Å². The van der Waals surface area contributed by atoms with Crippen molar-refractivity contribution in [1.82, 2.24) is 0 Å². The maximum Gasteiger partial charge on any atom is 0.157 e. The first-order valence-corrected chi connectivity index (χ1v) is 6.36. The van der Waals surface area contributed by atoms with Crippen LogP contribution in [0.25, 0.3) is 0 Å². The summed E-state index contributed by atoms with van der Waals surface area (Å²) < 4.78 is 0. The van der Waals surface area contributed by atoms with Crippen molar-refractivity contribution in [3.63, 3.8) is 0 Å². The van der Waals surface area contributed by atoms with Gasteiger partial charge in [0.25, 0.3) is 0 Å². The lowest BCUT2D eigenvalue weighted by molar-refractivity contribution is -0.115. The largest absolute Gasteiger partial charge is 0.342 e. The number of hydrogen-bond donors (Lipinski definition) is 0. The number of benzene rings is 1. The fourth-order valence-corrected chi connectivity index (χ4v) is 2.97. The smallest absolute Gasteiger partial charge is 0.157 e. The standard InChI is InChI=1S/C15H17NO/c1-11-9-12-5-2-3-8-15(12)16(11)13-6-4-7-14(17)10-13/h2-3,5,8,10-11H,4,6-7,9H2,1H3/t11-/m0/s1. The number of rotatable bonds is 1. The maximum absolute atomic E-state index is 11.5. The fraction of sp³-hybridized carbons (Fsp3) is 0.400. The van der Waals surface area contributed by atoms with Crippen LogP contribution in [-0.4, -0.2) is 11.8 Å². The first kappa shape index (κ1) is 10.6. The van der Waals surface area contributed by atoms with Gasteiger partial charge in [0, 0.05) is 29.9 Å². The molecule has 0 fully saturated rings. The van der Waals surface area contributed by atoms with Crippen molar-refractivity contribution in [3.8, 4) is 0 Å². The molecule has 1 aliphatic carbocycles. The SMILES string of the molecule is C[C@H]1Cc2ccccc2N1C1=CC(=O)CCC1. The lowest BCUT2D eigenvalue weighted by atomic mass is 10.0. The first-order valence-electron chi connectivity index (χ1n) is 6.36. The third kappa shape index (κ3) is 1.78. The quantitative estimate of drug-likeness (QED) is 0.735. The molecule has 1 aliphatic heterocycles. The van der Waals surface area contributed by atoms with E-state index in [4.69, 9.17) is 0 Å². The van der Waals surface area contributed by atoms with Gasteiger partial charge in [0.05, 0.1) is 0 Å². The number of carbonyl (C=O) groups is 1. The lowest BCUT2D eigenvalue weighted by Gasteiger charge is -2.29. The summed E-state index contributed by atoms with van der Waals surface area (Å²) in [5.74, 6) is 0.280. The van der Waals surface area contributed by atoms with E-state index in [1.165, 1.54) is 16.9 Å². The third-order valence-electron chi connectivity index (χ3n) is 3.70. The molecule has 1 aromatic carbocycles. The van der Waals surface area contributed by atoms with Crippen LogP contribution in [0.5, 0.6) is 0 Å². The van der Waals surface area contributed by atoms with Crippen LogP contribution in [0.1, 0.15) is 31.7 Å². The number of carbonyl (C=O) groups excluding carboxylic acids is 1. The number of para-hydroxylation sites is 1. The number of ketones is 1. The average molecular weight is 227 g/mol. The Hall–Kier alpha value is -1.57. The molecule has 0 spiro atoms. The van der Waals surface area contributed by atoms with Crippen LogP contribution >= 0.6 is 0 Å². The van der Waals surface area contributed by atoms with Crippen LogP contribution in [0.2, 0.25) is 0 Å². The van der Waals surface area contributed by atoms with Gasteiger partial charge in [-0.1, -0.05) is 18.2 Å². The van der Waals surface area contributed by atoms with Gasteiger partial charge in [-0.05, 0) is 37.8 Å². The Labute approximate surface area is 102 Å². The van der Waals surface area contributed by atoms with Crippen LogP contribution in [0.15, 0.2) is 36.0 Å². The number of fused-ring (bicyclic) bond motifs is 1. The average Bonchev–Trinajstić information content (AvgIpc) is 2.64. The minimum absolute atomic E-state index is 0.280. The molecule has 1 heterocycles. The number of nitrogens with zero attached hydrogens (tertiary/aromatic N) is 1. The van der Waals surface area contributed by atoms with Gasteiger partial charge in [-0.2, -0.15) is 0 Å². The Kier molecular flexibility index (Phi) is 2.50. The first-order chi connectivity index (χ1) is 8.25. The Bertz CT molecular complexity index is 489. The normalized spacial score (nSPS) is 23.6. The van der Waals surface area contributed by atoms with Gasteiger partial charge in [-0.15, -0.1) is 0 Å². The molecule has 0 saturated heterocycles. The maximum atomic E-state index is 11.5. The highest BCUT2D eigenvalue weighted by Gasteiger charge is 2.29. The molecule has 17 heavy (non-hydrogen) atoms. The third-order valence-corrected chi connectivity index (χ3v) is 3.70. The van der Waals surface area contributed by atoms with Gasteiger partial charge in [-0.25, -0.2) is 0 Å². The van der Waals surface area contributed by atoms with E-state index < -0.39 is 0 Å². The van der Waals surface area contributed by atoms with Crippen molar-refractivity contribution in [2.24, 2.45) is 0 Å². The van der Waals surface area contributed by atoms with Gasteiger partial charge < -0.3 is 4.90 Å². The molecule has 0 bridgehead atoms. The van der Waals surface area contributed by atoms with E-state index in [9.17, 15) is 4.79 Å². The Balaban J connectivity index is 2.01. The van der Waals surface area contributed by atoms with Gasteiger partial charge >= 0.3 is 0 Å². The lowest BCUT2D eigenvalue weighted by Crippen LogP contribution is -2.30. The highest BCUT2D eigenvalue weighted by molar-refractivity contribution is 5.92. The molecule has 3 rings (SSSR count). The van der Waals surface area contributed by atoms with Gasteiger partial charge in [0.1, 0.15) is 0 Å². The summed E-state index contributed by atoms with van der Waals surface area (Å²) >= 11 is 0. The van der Waals surface area contributed by atoms with E-state index in [0.717, 1.165) is 19.3 Å². The summed E-state index contributed by atoms with van der Waals surface area (Å²) in [6, 6.07) is 9.00. The molecule has 0 N–H and O–H groups in total. The molecule has 0 saturated carbocycles. The minimum atomic E-state index is 0.280. The van der Waals surface area contributed by atoms with Crippen LogP contribution < -0.4 is 4.90 Å². The molecule has 0 radical (unpaired) electrons. The van der Waals surface area contributed by atoms with Crippen LogP contribution in [-0.2, 0) is 11.2 Å². The zero-order chi connectivity index (χ0) is 11.8. The second-order valence-electron chi connectivity index (χ2n) is 5.01. The number of anilines is 1. The van der Waals surface area contributed by atoms with E-state index in [1.54, 1.807) is 0 Å². The van der Waals surface area contributed by atoms with Crippen molar-refractivity contribution < 1.29 is 4.79 Å². The fourth-order valence-electron chi connectivity index (χ4n) is 2.97. The molecule has 88 valence electrons. The van der Waals surface area contributed by atoms with Crippen molar-refractivity contribution in [1.29, 1.82) is 0 Å². The van der Waals surface area contributed by atoms with E-state index in [1.807, 2.05) is 6.08 Å². The van der Waals surface area contributed by atoms with Crippen molar-refractivity contribution in [3.05, 3.63) is 41.6 Å². The van der Waals surface area contributed by atoms with E-state index in [0.29, 0.717) is 12.5 Å². The number of allylic oxidation sites excluding steroid dienone is 2. The second kappa shape index (κ2) is 4.02. The Morgan fingerprint density at radius 3 is 2.88 bits per heavy atom. The summed E-state index contributed by atoms with van der Waals surface area (Å²) in [4.78, 5) is 13.9. The summed E-state index contributed by atoms with van der Waals surface area (Å²) in [6.45, 7) is 2.24. The van der Waals surface area contributed by atoms with Gasteiger partial charge in [0.2, 0.25) is 0 Å². The summed E-state index contributed by atoms with van der Waals surface area (Å²) in [5, 5.41) is 0. The molecule has 1 atom stereocenters. The van der Waals surface area contributed by atoms with Crippen molar-refractivity contribution in [2.75, 3.05) is 4.90 Å². The van der Waals surface area contributed by atoms with E-state index >= 15 is 0 Å². The molecular weight excluding hydrogens is 210 g/mol. The zero-order valence-corrected chi connectivity index (χ0v) is 10.1. The van der Waals surface area contributed by atoms with Crippen LogP contribution in [0.3, 0.4) is 0 Å². The van der Waals surface area contributed by atoms with Crippen LogP contribution in [0, 0.1) is 0 Å². The number of hydrogen-bond acceptors (Lipinski definition) is 2. The molecule has 2 heteroatoms. The molecule has 0 aromatic heterocycles. The monoisotopic (exact) mass is 227 g/mol. The minimum Gasteiger partial charge on any atom is -0.342 e.